The Labute approximate surface area is 125 Å². The molecule has 1 rings (SSSR count). The van der Waals surface area contributed by atoms with E-state index in [0.717, 1.165) is 6.42 Å². The molecular formula is C16H20N2O3. The number of methoxy groups -OCH3 is 2. The fraction of sp³-hybridized carbons (Fsp3) is 0.375. The lowest BCUT2D eigenvalue weighted by Crippen LogP contribution is -2.32. The summed E-state index contributed by atoms with van der Waals surface area (Å²) in [5.74, 6) is 0.804. The van der Waals surface area contributed by atoms with E-state index >= 15 is 0 Å². The number of ether oxygens (including phenoxy) is 2. The number of nitrogens with zero attached hydrogens (tertiary/aromatic N) is 1. The van der Waals surface area contributed by atoms with Crippen molar-refractivity contribution in [3.8, 4) is 17.6 Å². The Balaban J connectivity index is 3.13. The van der Waals surface area contributed by atoms with Crippen LogP contribution in [0.5, 0.6) is 11.5 Å². The summed E-state index contributed by atoms with van der Waals surface area (Å²) in [5, 5.41) is 11.9. The number of hydrogen-bond acceptors (Lipinski definition) is 4. The van der Waals surface area contributed by atoms with Crippen molar-refractivity contribution in [1.29, 1.82) is 5.26 Å². The average Bonchev–Trinajstić information content (AvgIpc) is 2.51. The Morgan fingerprint density at radius 1 is 1.43 bits per heavy atom. The Kier molecular flexibility index (Phi) is 6.28. The molecule has 0 aromatic heterocycles. The van der Waals surface area contributed by atoms with Gasteiger partial charge in [0, 0.05) is 11.6 Å². The second-order valence-electron chi connectivity index (χ2n) is 4.56. The molecule has 1 aromatic carbocycles. The maximum absolute atomic E-state index is 12.0. The predicted octanol–water partition coefficient (Wildman–Crippen LogP) is 2.53. The largest absolute Gasteiger partial charge is 0.497 e. The normalized spacial score (nSPS) is 12.2. The first kappa shape index (κ1) is 16.6. The van der Waals surface area contributed by atoms with Crippen LogP contribution in [0.4, 0.5) is 0 Å². The zero-order valence-corrected chi connectivity index (χ0v) is 12.8. The van der Waals surface area contributed by atoms with Gasteiger partial charge in [-0.3, -0.25) is 4.79 Å². The molecule has 0 spiro atoms. The minimum Gasteiger partial charge on any atom is -0.497 e. The van der Waals surface area contributed by atoms with Gasteiger partial charge >= 0.3 is 0 Å². The van der Waals surface area contributed by atoms with Crippen molar-refractivity contribution in [3.63, 3.8) is 0 Å². The number of nitrogens with one attached hydrogen (secondary N) is 1. The van der Waals surface area contributed by atoms with E-state index in [2.05, 4.69) is 5.32 Å². The molecule has 1 amide bonds. The molecule has 21 heavy (non-hydrogen) atoms. The molecule has 0 aliphatic heterocycles. The second-order valence-corrected chi connectivity index (χ2v) is 4.56. The van der Waals surface area contributed by atoms with Gasteiger partial charge in [-0.1, -0.05) is 6.92 Å². The van der Waals surface area contributed by atoms with E-state index in [1.165, 1.54) is 13.2 Å². The third kappa shape index (κ3) is 4.53. The Morgan fingerprint density at radius 2 is 2.14 bits per heavy atom. The summed E-state index contributed by atoms with van der Waals surface area (Å²) in [5.41, 5.74) is 0.648. The van der Waals surface area contributed by atoms with E-state index in [4.69, 9.17) is 9.47 Å². The zero-order valence-electron chi connectivity index (χ0n) is 12.8. The van der Waals surface area contributed by atoms with Gasteiger partial charge in [-0.2, -0.15) is 5.26 Å². The average molecular weight is 288 g/mol. The van der Waals surface area contributed by atoms with Crippen LogP contribution in [-0.2, 0) is 4.79 Å². The third-order valence-electron chi connectivity index (χ3n) is 3.09. The topological polar surface area (TPSA) is 71.4 Å². The van der Waals surface area contributed by atoms with Gasteiger partial charge in [0.15, 0.2) is 0 Å². The van der Waals surface area contributed by atoms with Crippen molar-refractivity contribution >= 4 is 12.0 Å². The van der Waals surface area contributed by atoms with Crippen LogP contribution in [0.25, 0.3) is 6.08 Å². The van der Waals surface area contributed by atoms with Gasteiger partial charge in [0.05, 0.1) is 14.2 Å². The highest BCUT2D eigenvalue weighted by Gasteiger charge is 2.13. The van der Waals surface area contributed by atoms with E-state index in [0.29, 0.717) is 17.1 Å². The summed E-state index contributed by atoms with van der Waals surface area (Å²) in [6.45, 7) is 3.85. The second kappa shape index (κ2) is 7.95. The summed E-state index contributed by atoms with van der Waals surface area (Å²) in [6, 6.07) is 7.13. The highest BCUT2D eigenvalue weighted by atomic mass is 16.5. The zero-order chi connectivity index (χ0) is 15.8. The van der Waals surface area contributed by atoms with Crippen molar-refractivity contribution in [2.24, 2.45) is 0 Å². The molecule has 1 N–H and O–H groups in total. The smallest absolute Gasteiger partial charge is 0.262 e. The van der Waals surface area contributed by atoms with Gasteiger partial charge < -0.3 is 14.8 Å². The van der Waals surface area contributed by atoms with Gasteiger partial charge in [0.2, 0.25) is 0 Å². The molecule has 0 saturated heterocycles. The van der Waals surface area contributed by atoms with Gasteiger partial charge in [-0.15, -0.1) is 0 Å². The molecule has 0 heterocycles. The highest BCUT2D eigenvalue weighted by Crippen LogP contribution is 2.26. The molecule has 0 radical (unpaired) electrons. The lowest BCUT2D eigenvalue weighted by Gasteiger charge is -2.11. The molecular weight excluding hydrogens is 268 g/mol. The minimum atomic E-state index is -0.392. The first-order chi connectivity index (χ1) is 10.0. The maximum atomic E-state index is 12.0. The predicted molar refractivity (Wildman–Crippen MR) is 81.0 cm³/mol. The van der Waals surface area contributed by atoms with Crippen molar-refractivity contribution in [3.05, 3.63) is 29.3 Å². The Bertz CT molecular complexity index is 573. The lowest BCUT2D eigenvalue weighted by molar-refractivity contribution is -0.117. The maximum Gasteiger partial charge on any atom is 0.262 e. The number of rotatable bonds is 6. The molecule has 5 heteroatoms. The fourth-order valence-electron chi connectivity index (χ4n) is 1.66. The number of carbonyl (C=O) groups excluding carboxylic acids is 1. The van der Waals surface area contributed by atoms with Crippen molar-refractivity contribution in [2.75, 3.05) is 14.2 Å². The van der Waals surface area contributed by atoms with Crippen molar-refractivity contribution in [1.82, 2.24) is 5.32 Å². The summed E-state index contributed by atoms with van der Waals surface area (Å²) >= 11 is 0. The summed E-state index contributed by atoms with van der Waals surface area (Å²) in [4.78, 5) is 12.0. The quantitative estimate of drug-likeness (QED) is 0.645. The van der Waals surface area contributed by atoms with E-state index in [-0.39, 0.29) is 11.6 Å². The summed E-state index contributed by atoms with van der Waals surface area (Å²) in [6.07, 6.45) is 2.30. The monoisotopic (exact) mass is 288 g/mol. The van der Waals surface area contributed by atoms with Gasteiger partial charge in [-0.05, 0) is 37.6 Å². The fourth-order valence-corrected chi connectivity index (χ4v) is 1.66. The van der Waals surface area contributed by atoms with Crippen LogP contribution in [0.2, 0.25) is 0 Å². The molecule has 0 aliphatic carbocycles. The Morgan fingerprint density at radius 3 is 2.67 bits per heavy atom. The SMILES string of the molecule is CC[C@H](C)NC(=O)/C(C#N)=C/c1cc(OC)ccc1OC. The van der Waals surface area contributed by atoms with Gasteiger partial charge in [0.25, 0.3) is 5.91 Å². The van der Waals surface area contributed by atoms with Crippen LogP contribution in [0, 0.1) is 11.3 Å². The van der Waals surface area contributed by atoms with Crippen LogP contribution in [0.3, 0.4) is 0 Å². The van der Waals surface area contributed by atoms with Crippen molar-refractivity contribution in [2.45, 2.75) is 26.3 Å². The summed E-state index contributed by atoms with van der Waals surface area (Å²) in [7, 11) is 3.08. The number of nitriles is 1. The molecule has 0 fully saturated rings. The van der Waals surface area contributed by atoms with Crippen LogP contribution >= 0.6 is 0 Å². The number of benzene rings is 1. The Hall–Kier alpha value is -2.48. The third-order valence-corrected chi connectivity index (χ3v) is 3.09. The van der Waals surface area contributed by atoms with Crippen molar-refractivity contribution < 1.29 is 14.3 Å². The molecule has 1 atom stereocenters. The van der Waals surface area contributed by atoms with E-state index in [9.17, 15) is 10.1 Å². The number of amides is 1. The molecule has 0 bridgehead atoms. The standard InChI is InChI=1S/C16H20N2O3/c1-5-11(2)18-16(19)13(10-17)8-12-9-14(20-3)6-7-15(12)21-4/h6-9,11H,5H2,1-4H3,(H,18,19)/b13-8+/t11-/m0/s1. The first-order valence-electron chi connectivity index (χ1n) is 6.70. The number of hydrogen-bond donors (Lipinski definition) is 1. The van der Waals surface area contributed by atoms with Crippen LogP contribution in [-0.4, -0.2) is 26.2 Å². The summed E-state index contributed by atoms with van der Waals surface area (Å²) < 4.78 is 10.4. The first-order valence-corrected chi connectivity index (χ1v) is 6.70. The molecule has 0 aliphatic rings. The molecule has 112 valence electrons. The van der Waals surface area contributed by atoms with E-state index in [1.54, 1.807) is 25.3 Å². The lowest BCUT2D eigenvalue weighted by atomic mass is 10.1. The van der Waals surface area contributed by atoms with Gasteiger partial charge in [-0.25, -0.2) is 0 Å². The van der Waals surface area contributed by atoms with Crippen LogP contribution in [0.15, 0.2) is 23.8 Å². The minimum absolute atomic E-state index is 0.0152. The van der Waals surface area contributed by atoms with E-state index < -0.39 is 5.91 Å². The molecule has 0 saturated carbocycles. The van der Waals surface area contributed by atoms with Crippen LogP contribution in [0.1, 0.15) is 25.8 Å². The van der Waals surface area contributed by atoms with Crippen LogP contribution < -0.4 is 14.8 Å². The number of carbonyl (C=O) groups is 1. The molecule has 5 nitrogen and oxygen atoms in total. The van der Waals surface area contributed by atoms with Gasteiger partial charge in [0.1, 0.15) is 23.1 Å². The highest BCUT2D eigenvalue weighted by molar-refractivity contribution is 6.02. The van der Waals surface area contributed by atoms with E-state index in [1.807, 2.05) is 19.9 Å². The molecule has 0 unspecified atom stereocenters. The molecule has 1 aromatic rings.